The summed E-state index contributed by atoms with van der Waals surface area (Å²) in [5.41, 5.74) is 3.42. The third-order valence-corrected chi connectivity index (χ3v) is 4.96. The van der Waals surface area contributed by atoms with Gasteiger partial charge in [-0.3, -0.25) is 0 Å². The molecule has 0 unspecified atom stereocenters. The molecule has 4 heteroatoms. The zero-order valence-corrected chi connectivity index (χ0v) is 16.3. The van der Waals surface area contributed by atoms with Crippen LogP contribution < -0.4 is 10.9 Å². The molecular weight excluding hydrogens is 338 g/mol. The Morgan fingerprint density at radius 2 is 1.63 bits per heavy atom. The van der Waals surface area contributed by atoms with Gasteiger partial charge in [-0.2, -0.15) is 0 Å². The Hall–Kier alpha value is -2.59. The molecule has 0 aliphatic rings. The van der Waals surface area contributed by atoms with E-state index in [1.54, 1.807) is 12.1 Å². The van der Waals surface area contributed by atoms with Crippen LogP contribution in [0.3, 0.4) is 0 Å². The first-order valence-corrected chi connectivity index (χ1v) is 9.44. The molecule has 0 saturated carbocycles. The average Bonchev–Trinajstić information content (AvgIpc) is 2.61. The minimum absolute atomic E-state index is 0.0843. The smallest absolute Gasteiger partial charge is 0.336 e. The molecule has 4 nitrogen and oxygen atoms in total. The largest absolute Gasteiger partial charge is 0.508 e. The highest BCUT2D eigenvalue weighted by molar-refractivity contribution is 5.81. The van der Waals surface area contributed by atoms with Gasteiger partial charge in [-0.1, -0.05) is 52.0 Å². The lowest BCUT2D eigenvalue weighted by Crippen LogP contribution is -2.26. The molecular formula is C23H27NO3. The van der Waals surface area contributed by atoms with Crippen molar-refractivity contribution in [3.05, 3.63) is 75.6 Å². The second kappa shape index (κ2) is 7.97. The van der Waals surface area contributed by atoms with Crippen LogP contribution in [-0.2, 0) is 6.54 Å². The maximum atomic E-state index is 11.9. The second-order valence-corrected chi connectivity index (χ2v) is 7.70. The van der Waals surface area contributed by atoms with E-state index in [2.05, 4.69) is 57.3 Å². The first-order chi connectivity index (χ1) is 12.8. The number of rotatable bonds is 6. The Balaban J connectivity index is 1.86. The highest BCUT2D eigenvalue weighted by atomic mass is 16.4. The molecule has 2 aromatic carbocycles. The van der Waals surface area contributed by atoms with Crippen LogP contribution in [0.2, 0.25) is 0 Å². The van der Waals surface area contributed by atoms with Gasteiger partial charge in [0.1, 0.15) is 11.3 Å². The van der Waals surface area contributed by atoms with Crippen LogP contribution in [0, 0.1) is 5.92 Å². The number of hydrogen-bond donors (Lipinski definition) is 2. The molecule has 0 spiro atoms. The van der Waals surface area contributed by atoms with Gasteiger partial charge in [0.25, 0.3) is 0 Å². The van der Waals surface area contributed by atoms with E-state index in [-0.39, 0.29) is 11.8 Å². The maximum absolute atomic E-state index is 11.9. The summed E-state index contributed by atoms with van der Waals surface area (Å²) in [5, 5.41) is 14.1. The zero-order valence-electron chi connectivity index (χ0n) is 16.3. The van der Waals surface area contributed by atoms with Crippen LogP contribution in [0.5, 0.6) is 5.75 Å². The quantitative estimate of drug-likeness (QED) is 0.596. The van der Waals surface area contributed by atoms with Crippen molar-refractivity contribution in [2.45, 2.75) is 46.2 Å². The van der Waals surface area contributed by atoms with Crippen LogP contribution in [0.4, 0.5) is 0 Å². The molecule has 3 aromatic rings. The molecule has 1 heterocycles. The van der Waals surface area contributed by atoms with Crippen LogP contribution in [0.1, 0.15) is 56.3 Å². The molecule has 1 aromatic heterocycles. The van der Waals surface area contributed by atoms with Gasteiger partial charge in [0.15, 0.2) is 0 Å². The van der Waals surface area contributed by atoms with Crippen molar-refractivity contribution < 1.29 is 9.52 Å². The molecule has 27 heavy (non-hydrogen) atoms. The van der Waals surface area contributed by atoms with Crippen molar-refractivity contribution in [1.82, 2.24) is 5.32 Å². The highest BCUT2D eigenvalue weighted by Crippen LogP contribution is 2.26. The molecule has 1 atom stereocenters. The summed E-state index contributed by atoms with van der Waals surface area (Å²) in [4.78, 5) is 11.9. The summed E-state index contributed by atoms with van der Waals surface area (Å²) >= 11 is 0. The van der Waals surface area contributed by atoms with E-state index in [1.807, 2.05) is 0 Å². The van der Waals surface area contributed by atoms with Gasteiger partial charge in [0.05, 0.1) is 0 Å². The van der Waals surface area contributed by atoms with Crippen molar-refractivity contribution >= 4 is 11.0 Å². The molecule has 0 aliphatic heterocycles. The number of aromatic hydroxyl groups is 1. The summed E-state index contributed by atoms with van der Waals surface area (Å²) in [6.45, 7) is 9.29. The summed E-state index contributed by atoms with van der Waals surface area (Å²) in [5.74, 6) is 0.988. The Kier molecular flexibility index (Phi) is 5.66. The van der Waals surface area contributed by atoms with Crippen molar-refractivity contribution in [3.8, 4) is 5.75 Å². The molecule has 2 N–H and O–H groups in total. The SMILES string of the molecule is CC(C)c1ccc([C@@H](NCc2cc(=O)oc3cc(O)ccc23)C(C)C)cc1. The van der Waals surface area contributed by atoms with Gasteiger partial charge >= 0.3 is 5.63 Å². The number of hydrogen-bond acceptors (Lipinski definition) is 4. The molecule has 0 saturated heterocycles. The lowest BCUT2D eigenvalue weighted by Gasteiger charge is -2.24. The predicted octanol–water partition coefficient (Wildman–Crippen LogP) is 5.11. The number of phenols is 1. The van der Waals surface area contributed by atoms with Crippen LogP contribution >= 0.6 is 0 Å². The Bertz CT molecular complexity index is 971. The van der Waals surface area contributed by atoms with E-state index in [9.17, 15) is 9.90 Å². The van der Waals surface area contributed by atoms with Crippen molar-refractivity contribution in [2.24, 2.45) is 5.92 Å². The van der Waals surface area contributed by atoms with Gasteiger partial charge in [-0.25, -0.2) is 4.79 Å². The molecule has 0 amide bonds. The van der Waals surface area contributed by atoms with E-state index in [1.165, 1.54) is 23.3 Å². The normalized spacial score (nSPS) is 12.8. The molecule has 3 rings (SSSR count). The van der Waals surface area contributed by atoms with E-state index < -0.39 is 5.63 Å². The fourth-order valence-electron chi connectivity index (χ4n) is 3.41. The van der Waals surface area contributed by atoms with Crippen molar-refractivity contribution in [1.29, 1.82) is 0 Å². The first-order valence-electron chi connectivity index (χ1n) is 9.44. The third-order valence-electron chi connectivity index (χ3n) is 4.96. The van der Waals surface area contributed by atoms with E-state index >= 15 is 0 Å². The van der Waals surface area contributed by atoms with Crippen molar-refractivity contribution in [3.63, 3.8) is 0 Å². The minimum Gasteiger partial charge on any atom is -0.508 e. The molecule has 0 fully saturated rings. The monoisotopic (exact) mass is 365 g/mol. The van der Waals surface area contributed by atoms with Gasteiger partial charge in [0, 0.05) is 30.1 Å². The predicted molar refractivity (Wildman–Crippen MR) is 109 cm³/mol. The zero-order chi connectivity index (χ0) is 19.6. The van der Waals surface area contributed by atoms with Gasteiger partial charge in [0.2, 0.25) is 0 Å². The van der Waals surface area contributed by atoms with E-state index in [0.717, 1.165) is 10.9 Å². The topological polar surface area (TPSA) is 62.5 Å². The number of phenolic OH excluding ortho intramolecular Hbond substituents is 1. The minimum atomic E-state index is -0.410. The first kappa shape index (κ1) is 19.2. The summed E-state index contributed by atoms with van der Waals surface area (Å²) in [6, 6.07) is 15.3. The fourth-order valence-corrected chi connectivity index (χ4v) is 3.41. The summed E-state index contributed by atoms with van der Waals surface area (Å²) in [6.07, 6.45) is 0. The number of benzene rings is 2. The molecule has 0 aliphatic carbocycles. The lowest BCUT2D eigenvalue weighted by atomic mass is 9.93. The lowest BCUT2D eigenvalue weighted by molar-refractivity contribution is 0.410. The summed E-state index contributed by atoms with van der Waals surface area (Å²) in [7, 11) is 0. The summed E-state index contributed by atoms with van der Waals surface area (Å²) < 4.78 is 5.21. The van der Waals surface area contributed by atoms with Crippen LogP contribution in [0.25, 0.3) is 11.0 Å². The Morgan fingerprint density at radius 3 is 2.26 bits per heavy atom. The van der Waals surface area contributed by atoms with Gasteiger partial charge in [-0.15, -0.1) is 0 Å². The van der Waals surface area contributed by atoms with E-state index in [0.29, 0.717) is 24.0 Å². The van der Waals surface area contributed by atoms with Crippen LogP contribution in [-0.4, -0.2) is 5.11 Å². The Labute approximate surface area is 159 Å². The molecule has 0 radical (unpaired) electrons. The second-order valence-electron chi connectivity index (χ2n) is 7.70. The number of nitrogens with one attached hydrogen (secondary N) is 1. The Morgan fingerprint density at radius 1 is 0.963 bits per heavy atom. The average molecular weight is 365 g/mol. The fraction of sp³-hybridized carbons (Fsp3) is 0.348. The third kappa shape index (κ3) is 4.40. The number of fused-ring (bicyclic) bond motifs is 1. The highest BCUT2D eigenvalue weighted by Gasteiger charge is 2.17. The van der Waals surface area contributed by atoms with Crippen LogP contribution in [0.15, 0.2) is 57.7 Å². The van der Waals surface area contributed by atoms with E-state index in [4.69, 9.17) is 4.42 Å². The molecule has 0 bridgehead atoms. The maximum Gasteiger partial charge on any atom is 0.336 e. The van der Waals surface area contributed by atoms with Gasteiger partial charge in [-0.05, 0) is 40.7 Å². The standard InChI is InChI=1S/C23H27NO3/c1-14(2)16-5-7-17(8-6-16)23(15(3)4)24-13-18-11-22(26)27-21-12-19(25)9-10-20(18)21/h5-12,14-15,23-25H,13H2,1-4H3/t23-/m0/s1. The van der Waals surface area contributed by atoms with Crippen molar-refractivity contribution in [2.75, 3.05) is 0 Å². The molecule has 142 valence electrons. The van der Waals surface area contributed by atoms with Gasteiger partial charge < -0.3 is 14.8 Å².